The number of H-pyrrole nitrogens is 1. The number of rotatable bonds is 5. The molecule has 0 bridgehead atoms. The van der Waals surface area contributed by atoms with Crippen LogP contribution in [0, 0.1) is 0 Å². The van der Waals surface area contributed by atoms with Gasteiger partial charge in [0.05, 0.1) is 30.3 Å². The Bertz CT molecular complexity index is 1560. The first-order valence-electron chi connectivity index (χ1n) is 11.5. The zero-order valence-electron chi connectivity index (χ0n) is 19.1. The van der Waals surface area contributed by atoms with Crippen molar-refractivity contribution < 1.29 is 0 Å². The van der Waals surface area contributed by atoms with Crippen molar-refractivity contribution in [1.82, 2.24) is 34.6 Å². The molecule has 8 nitrogen and oxygen atoms in total. The number of nitrogens with zero attached hydrogens (tertiary/aromatic N) is 5. The summed E-state index contributed by atoms with van der Waals surface area (Å²) in [5, 5.41) is 7.88. The minimum atomic E-state index is -0.196. The Labute approximate surface area is 196 Å². The first-order chi connectivity index (χ1) is 16.6. The second-order valence-corrected chi connectivity index (χ2v) is 8.99. The first kappa shape index (κ1) is 20.6. The Morgan fingerprint density at radius 2 is 1.85 bits per heavy atom. The van der Waals surface area contributed by atoms with Crippen LogP contribution in [0.3, 0.4) is 0 Å². The molecule has 34 heavy (non-hydrogen) atoms. The summed E-state index contributed by atoms with van der Waals surface area (Å²) in [7, 11) is 0. The third-order valence-electron chi connectivity index (χ3n) is 6.42. The van der Waals surface area contributed by atoms with Crippen LogP contribution in [0.15, 0.2) is 65.7 Å². The lowest BCUT2D eigenvalue weighted by molar-refractivity contribution is 0.710. The molecule has 0 radical (unpaired) electrons. The van der Waals surface area contributed by atoms with Crippen molar-refractivity contribution in [3.05, 3.63) is 93.8 Å². The van der Waals surface area contributed by atoms with Gasteiger partial charge in [-0.2, -0.15) is 5.10 Å². The Hall–Kier alpha value is -4.04. The highest BCUT2D eigenvalue weighted by atomic mass is 16.1. The lowest BCUT2D eigenvalue weighted by Crippen LogP contribution is -2.18. The number of hydrogen-bond acceptors (Lipinski definition) is 5. The molecule has 1 aliphatic rings. The van der Waals surface area contributed by atoms with Gasteiger partial charge in [0.2, 0.25) is 0 Å². The molecule has 0 amide bonds. The summed E-state index contributed by atoms with van der Waals surface area (Å²) in [5.41, 5.74) is 7.67. The molecule has 6 rings (SSSR count). The largest absolute Gasteiger partial charge is 0.328 e. The minimum absolute atomic E-state index is 0.196. The fraction of sp³-hybridized carbons (Fsp3) is 0.231. The molecule has 0 unspecified atom stereocenters. The molecule has 2 aromatic carbocycles. The van der Waals surface area contributed by atoms with Gasteiger partial charge in [-0.05, 0) is 29.2 Å². The Morgan fingerprint density at radius 3 is 2.68 bits per heavy atom. The van der Waals surface area contributed by atoms with Crippen LogP contribution in [0.5, 0.6) is 0 Å². The monoisotopic (exact) mass is 451 g/mol. The number of aromatic nitrogens is 6. The fourth-order valence-corrected chi connectivity index (χ4v) is 4.63. The van der Waals surface area contributed by atoms with Gasteiger partial charge < -0.3 is 10.3 Å². The SMILES string of the molecule is CC(C)c1ccccc1-c1ncc2[nH]c(=O)n(Cc3ccc(-n4ncc5c4CNC5)cc3)c2n1. The Kier molecular flexibility index (Phi) is 4.88. The molecule has 4 heterocycles. The van der Waals surface area contributed by atoms with Crippen LogP contribution in [-0.4, -0.2) is 29.3 Å². The number of fused-ring (bicyclic) bond motifs is 2. The van der Waals surface area contributed by atoms with Crippen LogP contribution in [-0.2, 0) is 19.6 Å². The van der Waals surface area contributed by atoms with E-state index in [-0.39, 0.29) is 5.69 Å². The molecule has 0 aliphatic carbocycles. The van der Waals surface area contributed by atoms with Crippen LogP contribution < -0.4 is 11.0 Å². The Morgan fingerprint density at radius 1 is 1.03 bits per heavy atom. The van der Waals surface area contributed by atoms with Crippen molar-refractivity contribution in [2.75, 3.05) is 0 Å². The summed E-state index contributed by atoms with van der Waals surface area (Å²) in [6.07, 6.45) is 3.62. The quantitative estimate of drug-likeness (QED) is 0.425. The molecule has 3 aromatic heterocycles. The standard InChI is InChI=1S/C26H25N7O/c1-16(2)20-5-3-4-6-21(20)24-28-13-22-25(31-24)32(26(34)30-22)15-17-7-9-19(10-8-17)33-23-14-27-11-18(23)12-29-33/h3-10,12-13,16,27H,11,14-15H2,1-2H3,(H,30,34). The van der Waals surface area contributed by atoms with Gasteiger partial charge in [-0.15, -0.1) is 0 Å². The topological polar surface area (TPSA) is 93.4 Å². The normalized spacial score (nSPS) is 13.1. The summed E-state index contributed by atoms with van der Waals surface area (Å²) >= 11 is 0. The average Bonchev–Trinajstić information content (AvgIpc) is 3.55. The maximum absolute atomic E-state index is 12.8. The lowest BCUT2D eigenvalue weighted by atomic mass is 9.97. The van der Waals surface area contributed by atoms with E-state index < -0.39 is 0 Å². The molecule has 2 N–H and O–H groups in total. The van der Waals surface area contributed by atoms with Gasteiger partial charge in [0, 0.05) is 24.2 Å². The predicted molar refractivity (Wildman–Crippen MR) is 131 cm³/mol. The zero-order chi connectivity index (χ0) is 23.2. The van der Waals surface area contributed by atoms with Gasteiger partial charge in [-0.25, -0.2) is 19.4 Å². The highest BCUT2D eigenvalue weighted by Crippen LogP contribution is 2.27. The number of benzene rings is 2. The van der Waals surface area contributed by atoms with Crippen LogP contribution in [0.4, 0.5) is 0 Å². The van der Waals surface area contributed by atoms with Gasteiger partial charge in [0.15, 0.2) is 11.5 Å². The van der Waals surface area contributed by atoms with Crippen LogP contribution >= 0.6 is 0 Å². The summed E-state index contributed by atoms with van der Waals surface area (Å²) in [4.78, 5) is 25.0. The number of hydrogen-bond donors (Lipinski definition) is 2. The van der Waals surface area contributed by atoms with E-state index in [1.54, 1.807) is 10.8 Å². The van der Waals surface area contributed by atoms with Crippen molar-refractivity contribution in [1.29, 1.82) is 0 Å². The van der Waals surface area contributed by atoms with E-state index in [1.807, 2.05) is 53.3 Å². The number of nitrogens with one attached hydrogen (secondary N) is 2. The molecule has 0 spiro atoms. The molecular weight excluding hydrogens is 426 g/mol. The third-order valence-corrected chi connectivity index (χ3v) is 6.42. The van der Waals surface area contributed by atoms with Crippen LogP contribution in [0.25, 0.3) is 28.2 Å². The predicted octanol–water partition coefficient (Wildman–Crippen LogP) is 3.75. The van der Waals surface area contributed by atoms with E-state index in [0.717, 1.165) is 29.9 Å². The number of imidazole rings is 1. The smallest absolute Gasteiger partial charge is 0.307 e. The molecule has 5 aromatic rings. The van der Waals surface area contributed by atoms with E-state index in [9.17, 15) is 4.79 Å². The zero-order valence-corrected chi connectivity index (χ0v) is 19.1. The summed E-state index contributed by atoms with van der Waals surface area (Å²) < 4.78 is 3.64. The Balaban J connectivity index is 1.35. The van der Waals surface area contributed by atoms with Crippen molar-refractivity contribution in [2.24, 2.45) is 0 Å². The minimum Gasteiger partial charge on any atom is -0.307 e. The maximum atomic E-state index is 12.8. The fourth-order valence-electron chi connectivity index (χ4n) is 4.63. The first-order valence-corrected chi connectivity index (χ1v) is 11.5. The molecule has 8 heteroatoms. The third kappa shape index (κ3) is 3.43. The highest BCUT2D eigenvalue weighted by Gasteiger charge is 2.18. The van der Waals surface area contributed by atoms with Crippen molar-refractivity contribution in [2.45, 2.75) is 39.4 Å². The molecule has 0 saturated carbocycles. The van der Waals surface area contributed by atoms with Gasteiger partial charge in [-0.1, -0.05) is 50.2 Å². The summed E-state index contributed by atoms with van der Waals surface area (Å²) in [5.74, 6) is 0.968. The van der Waals surface area contributed by atoms with E-state index in [4.69, 9.17) is 4.98 Å². The molecular formula is C26H25N7O. The molecule has 170 valence electrons. The van der Waals surface area contributed by atoms with Gasteiger partial charge >= 0.3 is 5.69 Å². The van der Waals surface area contributed by atoms with Crippen molar-refractivity contribution in [3.63, 3.8) is 0 Å². The van der Waals surface area contributed by atoms with Gasteiger partial charge in [0.1, 0.15) is 5.52 Å². The highest BCUT2D eigenvalue weighted by molar-refractivity contribution is 5.73. The van der Waals surface area contributed by atoms with Gasteiger partial charge in [-0.3, -0.25) is 4.57 Å². The number of aromatic amines is 1. The van der Waals surface area contributed by atoms with Crippen LogP contribution in [0.2, 0.25) is 0 Å². The lowest BCUT2D eigenvalue weighted by Gasteiger charge is -2.11. The van der Waals surface area contributed by atoms with E-state index in [1.165, 1.54) is 16.8 Å². The summed E-state index contributed by atoms with van der Waals surface area (Å²) in [6, 6.07) is 16.3. The maximum Gasteiger partial charge on any atom is 0.328 e. The van der Waals surface area contributed by atoms with E-state index in [2.05, 4.69) is 40.3 Å². The second-order valence-electron chi connectivity index (χ2n) is 8.99. The summed E-state index contributed by atoms with van der Waals surface area (Å²) in [6.45, 7) is 6.41. The van der Waals surface area contributed by atoms with Crippen LogP contribution in [0.1, 0.15) is 42.1 Å². The van der Waals surface area contributed by atoms with Gasteiger partial charge in [0.25, 0.3) is 0 Å². The molecule has 0 fully saturated rings. The van der Waals surface area contributed by atoms with Crippen molar-refractivity contribution in [3.8, 4) is 17.1 Å². The van der Waals surface area contributed by atoms with Crippen molar-refractivity contribution >= 4 is 11.2 Å². The molecule has 0 atom stereocenters. The van der Waals surface area contributed by atoms with E-state index >= 15 is 0 Å². The average molecular weight is 452 g/mol. The second kappa shape index (κ2) is 8.07. The van der Waals surface area contributed by atoms with E-state index in [0.29, 0.717) is 29.5 Å². The molecule has 0 saturated heterocycles. The molecule has 1 aliphatic heterocycles.